The lowest BCUT2D eigenvalue weighted by molar-refractivity contribution is -0.121. The number of rotatable bonds is 5. The Bertz CT molecular complexity index is 495. The van der Waals surface area contributed by atoms with Gasteiger partial charge >= 0.3 is 0 Å². The van der Waals surface area contributed by atoms with Crippen molar-refractivity contribution in [2.24, 2.45) is 5.73 Å². The number of carbonyl (C=O) groups excluding carboxylic acids is 1. The van der Waals surface area contributed by atoms with Gasteiger partial charge in [0.15, 0.2) is 11.5 Å². The average molecular weight is 335 g/mol. The number of nitrogens with one attached hydrogen (secondary N) is 1. The van der Waals surface area contributed by atoms with Crippen molar-refractivity contribution in [2.45, 2.75) is 25.8 Å². The second-order valence-electron chi connectivity index (χ2n) is 4.88. The van der Waals surface area contributed by atoms with Crippen LogP contribution < -0.4 is 20.5 Å². The Labute approximate surface area is 135 Å². The van der Waals surface area contributed by atoms with Gasteiger partial charge in [-0.15, -0.1) is 12.4 Å². The maximum atomic E-state index is 11.5. The third-order valence-electron chi connectivity index (χ3n) is 2.90. The number of carbonyl (C=O) groups is 1. The van der Waals surface area contributed by atoms with Crippen LogP contribution in [0.5, 0.6) is 11.5 Å². The first-order chi connectivity index (χ1) is 9.56. The smallest absolute Gasteiger partial charge is 0.221 e. The zero-order valence-corrected chi connectivity index (χ0v) is 13.4. The number of amides is 1. The van der Waals surface area contributed by atoms with Gasteiger partial charge in [-0.05, 0) is 31.0 Å². The molecule has 0 aromatic heterocycles. The summed E-state index contributed by atoms with van der Waals surface area (Å²) in [7, 11) is 0. The Morgan fingerprint density at radius 1 is 1.43 bits per heavy atom. The van der Waals surface area contributed by atoms with Crippen molar-refractivity contribution < 1.29 is 14.3 Å². The molecule has 7 heteroatoms. The molecule has 1 unspecified atom stereocenters. The molecule has 1 aliphatic heterocycles. The summed E-state index contributed by atoms with van der Waals surface area (Å²) in [5.41, 5.74) is 6.56. The number of halogens is 2. The van der Waals surface area contributed by atoms with Gasteiger partial charge in [0.2, 0.25) is 5.91 Å². The average Bonchev–Trinajstić information content (AvgIpc) is 2.38. The van der Waals surface area contributed by atoms with Crippen molar-refractivity contribution in [3.05, 3.63) is 22.7 Å². The highest BCUT2D eigenvalue weighted by molar-refractivity contribution is 6.32. The van der Waals surface area contributed by atoms with Crippen molar-refractivity contribution in [1.82, 2.24) is 5.32 Å². The van der Waals surface area contributed by atoms with Gasteiger partial charge in [-0.25, -0.2) is 0 Å². The minimum absolute atomic E-state index is 0. The van der Waals surface area contributed by atoms with Gasteiger partial charge in [-0.3, -0.25) is 4.79 Å². The van der Waals surface area contributed by atoms with Crippen LogP contribution >= 0.6 is 24.0 Å². The van der Waals surface area contributed by atoms with Gasteiger partial charge in [0.05, 0.1) is 5.02 Å². The molecule has 0 radical (unpaired) electrons. The molecule has 1 amide bonds. The zero-order chi connectivity index (χ0) is 14.5. The summed E-state index contributed by atoms with van der Waals surface area (Å²) in [4.78, 5) is 11.5. The Morgan fingerprint density at radius 2 is 2.14 bits per heavy atom. The number of nitrogens with two attached hydrogens (primary N) is 1. The van der Waals surface area contributed by atoms with Crippen molar-refractivity contribution in [1.29, 1.82) is 0 Å². The quantitative estimate of drug-likeness (QED) is 0.862. The molecule has 0 saturated carbocycles. The van der Waals surface area contributed by atoms with E-state index >= 15 is 0 Å². The SMILES string of the molecule is CC(N)CC(=O)NCCc1cc(Cl)c2c(c1)OCCO2.Cl. The zero-order valence-electron chi connectivity index (χ0n) is 11.9. The van der Waals surface area contributed by atoms with Crippen LogP contribution in [-0.4, -0.2) is 31.7 Å². The predicted octanol–water partition coefficient (Wildman–Crippen LogP) is 1.93. The monoisotopic (exact) mass is 334 g/mol. The number of benzene rings is 1. The largest absolute Gasteiger partial charge is 0.486 e. The van der Waals surface area contributed by atoms with Gasteiger partial charge in [-0.1, -0.05) is 11.6 Å². The van der Waals surface area contributed by atoms with Gasteiger partial charge in [0.25, 0.3) is 0 Å². The molecule has 0 saturated heterocycles. The molecule has 21 heavy (non-hydrogen) atoms. The predicted molar refractivity (Wildman–Crippen MR) is 84.7 cm³/mol. The van der Waals surface area contributed by atoms with E-state index in [4.69, 9.17) is 26.8 Å². The molecule has 1 heterocycles. The van der Waals surface area contributed by atoms with Crippen LogP contribution in [0.4, 0.5) is 0 Å². The Balaban J connectivity index is 0.00000220. The number of hydrogen-bond donors (Lipinski definition) is 2. The van der Waals surface area contributed by atoms with E-state index in [2.05, 4.69) is 5.32 Å². The molecule has 0 spiro atoms. The molecule has 0 bridgehead atoms. The maximum absolute atomic E-state index is 11.5. The van der Waals surface area contributed by atoms with Crippen LogP contribution in [-0.2, 0) is 11.2 Å². The summed E-state index contributed by atoms with van der Waals surface area (Å²) in [5.74, 6) is 1.23. The topological polar surface area (TPSA) is 73.6 Å². The lowest BCUT2D eigenvalue weighted by Crippen LogP contribution is -2.31. The lowest BCUT2D eigenvalue weighted by atomic mass is 10.1. The fraction of sp³-hybridized carbons (Fsp3) is 0.500. The van der Waals surface area contributed by atoms with Gasteiger partial charge in [-0.2, -0.15) is 0 Å². The molecular formula is C14H20Cl2N2O3. The third kappa shape index (κ3) is 5.26. The fourth-order valence-corrected chi connectivity index (χ4v) is 2.31. The molecule has 1 aromatic rings. The molecule has 2 rings (SSSR count). The van der Waals surface area contributed by atoms with Gasteiger partial charge < -0.3 is 20.5 Å². The van der Waals surface area contributed by atoms with E-state index in [-0.39, 0.29) is 24.4 Å². The van der Waals surface area contributed by atoms with Gasteiger partial charge in [0.1, 0.15) is 13.2 Å². The first kappa shape index (κ1) is 17.9. The fourth-order valence-electron chi connectivity index (χ4n) is 2.02. The third-order valence-corrected chi connectivity index (χ3v) is 3.18. The van der Waals surface area contributed by atoms with E-state index in [1.165, 1.54) is 0 Å². The van der Waals surface area contributed by atoms with Crippen LogP contribution in [0.2, 0.25) is 5.02 Å². The highest BCUT2D eigenvalue weighted by Crippen LogP contribution is 2.38. The molecule has 1 aromatic carbocycles. The number of hydrogen-bond acceptors (Lipinski definition) is 4. The number of fused-ring (bicyclic) bond motifs is 1. The molecule has 3 N–H and O–H groups in total. The summed E-state index contributed by atoms with van der Waals surface area (Å²) in [6.45, 7) is 3.39. The molecule has 1 atom stereocenters. The Kier molecular flexibility index (Phi) is 7.08. The van der Waals surface area contributed by atoms with Crippen LogP contribution in [0.15, 0.2) is 12.1 Å². The van der Waals surface area contributed by atoms with E-state index in [0.717, 1.165) is 5.56 Å². The highest BCUT2D eigenvalue weighted by Gasteiger charge is 2.16. The molecule has 0 aliphatic carbocycles. The van der Waals surface area contributed by atoms with Crippen LogP contribution in [0.1, 0.15) is 18.9 Å². The first-order valence-corrected chi connectivity index (χ1v) is 7.04. The summed E-state index contributed by atoms with van der Waals surface area (Å²) in [6.07, 6.45) is 1.02. The van der Waals surface area contributed by atoms with Crippen LogP contribution in [0.3, 0.4) is 0 Å². The summed E-state index contributed by atoms with van der Waals surface area (Å²) < 4.78 is 11.0. The van der Waals surface area contributed by atoms with Crippen molar-refractivity contribution in [3.8, 4) is 11.5 Å². The van der Waals surface area contributed by atoms with Crippen molar-refractivity contribution in [2.75, 3.05) is 19.8 Å². The van der Waals surface area contributed by atoms with E-state index in [1.807, 2.05) is 12.1 Å². The second-order valence-corrected chi connectivity index (χ2v) is 5.29. The molecule has 5 nitrogen and oxygen atoms in total. The highest BCUT2D eigenvalue weighted by atomic mass is 35.5. The minimum atomic E-state index is -0.126. The second kappa shape index (κ2) is 8.32. The maximum Gasteiger partial charge on any atom is 0.221 e. The Hall–Kier alpha value is -1.17. The lowest BCUT2D eigenvalue weighted by Gasteiger charge is -2.20. The van der Waals surface area contributed by atoms with E-state index in [9.17, 15) is 4.79 Å². The summed E-state index contributed by atoms with van der Waals surface area (Å²) in [5, 5.41) is 3.37. The first-order valence-electron chi connectivity index (χ1n) is 6.66. The van der Waals surface area contributed by atoms with Crippen molar-refractivity contribution >= 4 is 29.9 Å². The summed E-state index contributed by atoms with van der Waals surface area (Å²) in [6, 6.07) is 3.61. The summed E-state index contributed by atoms with van der Waals surface area (Å²) >= 11 is 6.15. The van der Waals surface area contributed by atoms with E-state index in [1.54, 1.807) is 6.92 Å². The van der Waals surface area contributed by atoms with Gasteiger partial charge in [0, 0.05) is 19.0 Å². The van der Waals surface area contributed by atoms with Crippen LogP contribution in [0.25, 0.3) is 0 Å². The minimum Gasteiger partial charge on any atom is -0.486 e. The molecule has 0 fully saturated rings. The molecule has 1 aliphatic rings. The number of ether oxygens (including phenoxy) is 2. The van der Waals surface area contributed by atoms with E-state index in [0.29, 0.717) is 49.1 Å². The normalized spacial score (nSPS) is 14.0. The standard InChI is InChI=1S/C14H19ClN2O3.ClH/c1-9(16)6-13(18)17-3-2-10-7-11(15)14-12(8-10)19-4-5-20-14;/h7-9H,2-6,16H2,1H3,(H,17,18);1H. The van der Waals surface area contributed by atoms with Crippen LogP contribution in [0, 0.1) is 0 Å². The van der Waals surface area contributed by atoms with Crippen molar-refractivity contribution in [3.63, 3.8) is 0 Å². The molecular weight excluding hydrogens is 315 g/mol. The Morgan fingerprint density at radius 3 is 2.86 bits per heavy atom. The van der Waals surface area contributed by atoms with E-state index < -0.39 is 0 Å². The molecule has 118 valence electrons.